The van der Waals surface area contributed by atoms with E-state index in [0.717, 1.165) is 18.5 Å². The fraction of sp³-hybridized carbons (Fsp3) is 0.533. The molecule has 19 heavy (non-hydrogen) atoms. The number of ether oxygens (including phenoxy) is 1. The van der Waals surface area contributed by atoms with Gasteiger partial charge in [-0.25, -0.2) is 0 Å². The average Bonchev–Trinajstić information content (AvgIpc) is 2.47. The van der Waals surface area contributed by atoms with E-state index in [2.05, 4.69) is 23.6 Å². The Morgan fingerprint density at radius 3 is 2.79 bits per heavy atom. The van der Waals surface area contributed by atoms with Crippen molar-refractivity contribution in [3.8, 4) is 0 Å². The number of nitrogens with one attached hydrogen (secondary N) is 2. The lowest BCUT2D eigenvalue weighted by atomic mass is 9.99. The molecule has 1 fully saturated rings. The topological polar surface area (TPSA) is 50.4 Å². The van der Waals surface area contributed by atoms with Crippen molar-refractivity contribution in [3.63, 3.8) is 0 Å². The van der Waals surface area contributed by atoms with Crippen molar-refractivity contribution in [2.45, 2.75) is 25.8 Å². The minimum Gasteiger partial charge on any atom is -0.381 e. The Balaban J connectivity index is 2.00. The first-order valence-corrected chi connectivity index (χ1v) is 6.86. The molecule has 0 bridgehead atoms. The van der Waals surface area contributed by atoms with Gasteiger partial charge < -0.3 is 15.4 Å². The van der Waals surface area contributed by atoms with Gasteiger partial charge in [0, 0.05) is 30.9 Å². The number of carbonyl (C=O) groups is 1. The van der Waals surface area contributed by atoms with E-state index in [1.807, 2.05) is 25.2 Å². The molecule has 1 aliphatic rings. The molecule has 4 heteroatoms. The smallest absolute Gasteiger partial charge is 0.227 e. The van der Waals surface area contributed by atoms with E-state index in [4.69, 9.17) is 4.74 Å². The van der Waals surface area contributed by atoms with Crippen LogP contribution in [0, 0.1) is 5.92 Å². The highest BCUT2D eigenvalue weighted by atomic mass is 16.5. The van der Waals surface area contributed by atoms with E-state index in [-0.39, 0.29) is 17.9 Å². The number of carbonyl (C=O) groups excluding carboxylic acids is 1. The van der Waals surface area contributed by atoms with Gasteiger partial charge in [-0.15, -0.1) is 0 Å². The Morgan fingerprint density at radius 2 is 2.11 bits per heavy atom. The summed E-state index contributed by atoms with van der Waals surface area (Å²) in [6.07, 6.45) is 1.64. The third kappa shape index (κ3) is 3.78. The number of hydrogen-bond donors (Lipinski definition) is 2. The predicted molar refractivity (Wildman–Crippen MR) is 76.1 cm³/mol. The zero-order valence-corrected chi connectivity index (χ0v) is 11.6. The molecule has 0 aliphatic carbocycles. The van der Waals surface area contributed by atoms with Crippen LogP contribution in [0.4, 0.5) is 5.69 Å². The molecule has 1 atom stereocenters. The average molecular weight is 262 g/mol. The summed E-state index contributed by atoms with van der Waals surface area (Å²) in [6, 6.07) is 8.27. The van der Waals surface area contributed by atoms with Gasteiger partial charge in [-0.05, 0) is 44.5 Å². The summed E-state index contributed by atoms with van der Waals surface area (Å²) in [5.74, 6) is 0.191. The van der Waals surface area contributed by atoms with Crippen LogP contribution in [0.25, 0.3) is 0 Å². The highest BCUT2D eigenvalue weighted by Crippen LogP contribution is 2.20. The molecule has 104 valence electrons. The molecule has 1 saturated heterocycles. The van der Waals surface area contributed by atoms with Crippen LogP contribution in [0.15, 0.2) is 24.3 Å². The molecular weight excluding hydrogens is 240 g/mol. The van der Waals surface area contributed by atoms with Crippen LogP contribution >= 0.6 is 0 Å². The number of anilines is 1. The first-order chi connectivity index (χ1) is 9.20. The second-order valence-electron chi connectivity index (χ2n) is 5.01. The van der Waals surface area contributed by atoms with Crippen LogP contribution in [0.5, 0.6) is 0 Å². The Hall–Kier alpha value is -1.39. The van der Waals surface area contributed by atoms with Crippen molar-refractivity contribution in [1.82, 2.24) is 5.32 Å². The minimum atomic E-state index is 0.0825. The third-order valence-corrected chi connectivity index (χ3v) is 3.68. The lowest BCUT2D eigenvalue weighted by Gasteiger charge is -2.21. The summed E-state index contributed by atoms with van der Waals surface area (Å²) in [6.45, 7) is 3.48. The summed E-state index contributed by atoms with van der Waals surface area (Å²) >= 11 is 0. The molecule has 0 saturated carbocycles. The molecule has 1 aromatic rings. The first-order valence-electron chi connectivity index (χ1n) is 6.86. The molecule has 2 N–H and O–H groups in total. The van der Waals surface area contributed by atoms with Crippen molar-refractivity contribution < 1.29 is 9.53 Å². The molecule has 1 aromatic carbocycles. The van der Waals surface area contributed by atoms with E-state index in [9.17, 15) is 4.79 Å². The van der Waals surface area contributed by atoms with E-state index >= 15 is 0 Å². The maximum absolute atomic E-state index is 12.1. The van der Waals surface area contributed by atoms with Gasteiger partial charge in [-0.2, -0.15) is 0 Å². The van der Waals surface area contributed by atoms with Crippen molar-refractivity contribution in [2.75, 3.05) is 25.6 Å². The van der Waals surface area contributed by atoms with Gasteiger partial charge in [0.1, 0.15) is 0 Å². The molecule has 2 rings (SSSR count). The van der Waals surface area contributed by atoms with Crippen LogP contribution in [0.2, 0.25) is 0 Å². The molecule has 0 aromatic heterocycles. The number of benzene rings is 1. The highest BCUT2D eigenvalue weighted by Gasteiger charge is 2.21. The lowest BCUT2D eigenvalue weighted by molar-refractivity contribution is -0.122. The Bertz CT molecular complexity index is 428. The molecule has 1 aliphatic heterocycles. The molecule has 1 unspecified atom stereocenters. The molecule has 0 radical (unpaired) electrons. The quantitative estimate of drug-likeness (QED) is 0.875. The number of amides is 1. The zero-order valence-electron chi connectivity index (χ0n) is 11.6. The minimum absolute atomic E-state index is 0.0825. The van der Waals surface area contributed by atoms with Crippen molar-refractivity contribution in [2.24, 2.45) is 5.92 Å². The van der Waals surface area contributed by atoms with Crippen LogP contribution in [-0.4, -0.2) is 26.2 Å². The van der Waals surface area contributed by atoms with Gasteiger partial charge in [0.2, 0.25) is 5.91 Å². The molecule has 1 amide bonds. The normalized spacial score (nSPS) is 18.0. The summed E-state index contributed by atoms with van der Waals surface area (Å²) in [4.78, 5) is 12.1. The Kier molecular flexibility index (Phi) is 4.93. The Labute approximate surface area is 114 Å². The van der Waals surface area contributed by atoms with Gasteiger partial charge in [0.25, 0.3) is 0 Å². The highest BCUT2D eigenvalue weighted by molar-refractivity contribution is 5.92. The SMILES string of the molecule is CNC(C)c1cccc(NC(=O)C2CCOCC2)c1. The molecule has 0 spiro atoms. The summed E-state index contributed by atoms with van der Waals surface area (Å²) in [5, 5.41) is 6.20. The first kappa shape index (κ1) is 14.0. The van der Waals surface area contributed by atoms with Crippen LogP contribution in [-0.2, 0) is 9.53 Å². The second kappa shape index (κ2) is 6.68. The largest absolute Gasteiger partial charge is 0.381 e. The van der Waals surface area contributed by atoms with Gasteiger partial charge >= 0.3 is 0 Å². The number of hydrogen-bond acceptors (Lipinski definition) is 3. The lowest BCUT2D eigenvalue weighted by Crippen LogP contribution is -2.28. The standard InChI is InChI=1S/C15H22N2O2/c1-11(16-2)13-4-3-5-14(10-13)17-15(18)12-6-8-19-9-7-12/h3-5,10-12,16H,6-9H2,1-2H3,(H,17,18). The van der Waals surface area contributed by atoms with Crippen molar-refractivity contribution in [1.29, 1.82) is 0 Å². The molecular formula is C15H22N2O2. The number of rotatable bonds is 4. The second-order valence-corrected chi connectivity index (χ2v) is 5.01. The van der Waals surface area contributed by atoms with E-state index < -0.39 is 0 Å². The van der Waals surface area contributed by atoms with Crippen molar-refractivity contribution in [3.05, 3.63) is 29.8 Å². The predicted octanol–water partition coefficient (Wildman–Crippen LogP) is 2.33. The van der Waals surface area contributed by atoms with Crippen LogP contribution in [0.1, 0.15) is 31.4 Å². The third-order valence-electron chi connectivity index (χ3n) is 3.68. The van der Waals surface area contributed by atoms with Gasteiger partial charge in [-0.3, -0.25) is 4.79 Å². The van der Waals surface area contributed by atoms with Gasteiger partial charge in [0.15, 0.2) is 0 Å². The maximum atomic E-state index is 12.1. The van der Waals surface area contributed by atoms with Gasteiger partial charge in [0.05, 0.1) is 0 Å². The summed E-state index contributed by atoms with van der Waals surface area (Å²) in [7, 11) is 1.93. The summed E-state index contributed by atoms with van der Waals surface area (Å²) < 4.78 is 5.28. The van der Waals surface area contributed by atoms with Gasteiger partial charge in [-0.1, -0.05) is 12.1 Å². The monoisotopic (exact) mass is 262 g/mol. The van der Waals surface area contributed by atoms with E-state index in [1.165, 1.54) is 5.56 Å². The zero-order chi connectivity index (χ0) is 13.7. The van der Waals surface area contributed by atoms with Crippen LogP contribution in [0.3, 0.4) is 0 Å². The van der Waals surface area contributed by atoms with Crippen LogP contribution < -0.4 is 10.6 Å². The van der Waals surface area contributed by atoms with Crippen molar-refractivity contribution >= 4 is 11.6 Å². The fourth-order valence-electron chi connectivity index (χ4n) is 2.26. The van der Waals surface area contributed by atoms with E-state index in [1.54, 1.807) is 0 Å². The summed E-state index contributed by atoms with van der Waals surface area (Å²) in [5.41, 5.74) is 2.04. The fourth-order valence-corrected chi connectivity index (χ4v) is 2.26. The Morgan fingerprint density at radius 1 is 1.37 bits per heavy atom. The maximum Gasteiger partial charge on any atom is 0.227 e. The molecule has 1 heterocycles. The van der Waals surface area contributed by atoms with E-state index in [0.29, 0.717) is 13.2 Å². The molecule has 4 nitrogen and oxygen atoms in total.